The van der Waals surface area contributed by atoms with E-state index in [2.05, 4.69) is 0 Å². The lowest BCUT2D eigenvalue weighted by molar-refractivity contribution is 0.0987. The van der Waals surface area contributed by atoms with Crippen LogP contribution in [0.15, 0.2) is 18.2 Å². The number of aliphatic hydroxyl groups excluding tert-OH is 1. The van der Waals surface area contributed by atoms with Crippen molar-refractivity contribution in [3.8, 4) is 11.5 Å². The number of benzene rings is 1. The minimum absolute atomic E-state index is 0.0743. The fraction of sp³-hybridized carbons (Fsp3) is 0.462. The third-order valence-electron chi connectivity index (χ3n) is 2.37. The van der Waals surface area contributed by atoms with E-state index in [1.54, 1.807) is 18.2 Å². The number of rotatable bonds is 7. The third kappa shape index (κ3) is 3.75. The van der Waals surface area contributed by atoms with Gasteiger partial charge in [0.15, 0.2) is 17.3 Å². The van der Waals surface area contributed by atoms with Gasteiger partial charge in [0.1, 0.15) is 0 Å². The van der Waals surface area contributed by atoms with E-state index in [1.165, 1.54) is 7.11 Å². The molecule has 1 aromatic carbocycles. The Morgan fingerprint density at radius 2 is 2.12 bits per heavy atom. The summed E-state index contributed by atoms with van der Waals surface area (Å²) in [5.74, 6) is 1.21. The van der Waals surface area contributed by atoms with Gasteiger partial charge in [-0.3, -0.25) is 4.79 Å². The lowest BCUT2D eigenvalue weighted by atomic mass is 10.1. The van der Waals surface area contributed by atoms with E-state index in [1.807, 2.05) is 6.92 Å². The van der Waals surface area contributed by atoms with Crippen molar-refractivity contribution < 1.29 is 19.4 Å². The van der Waals surface area contributed by atoms with Crippen LogP contribution in [0.25, 0.3) is 0 Å². The average Bonchev–Trinajstić information content (AvgIpc) is 2.38. The number of carbonyl (C=O) groups excluding carboxylic acids is 1. The summed E-state index contributed by atoms with van der Waals surface area (Å²) < 4.78 is 10.6. The molecule has 4 heteroatoms. The summed E-state index contributed by atoms with van der Waals surface area (Å²) in [6.45, 7) is 2.34. The molecule has 0 amide bonds. The highest BCUT2D eigenvalue weighted by Gasteiger charge is 2.09. The maximum atomic E-state index is 11.5. The monoisotopic (exact) mass is 238 g/mol. The lowest BCUT2D eigenvalue weighted by Crippen LogP contribution is -2.03. The molecule has 0 heterocycles. The molecule has 0 aliphatic carbocycles. The van der Waals surface area contributed by atoms with Gasteiger partial charge in [-0.2, -0.15) is 0 Å². The van der Waals surface area contributed by atoms with Crippen LogP contribution >= 0.6 is 0 Å². The molecule has 0 aliphatic heterocycles. The van der Waals surface area contributed by atoms with Crippen molar-refractivity contribution in [2.24, 2.45) is 0 Å². The maximum Gasteiger partial charge on any atom is 0.162 e. The van der Waals surface area contributed by atoms with Crippen LogP contribution in [0.1, 0.15) is 30.1 Å². The van der Waals surface area contributed by atoms with Crippen molar-refractivity contribution in [1.29, 1.82) is 0 Å². The van der Waals surface area contributed by atoms with E-state index in [4.69, 9.17) is 14.6 Å². The molecule has 1 rings (SSSR count). The largest absolute Gasteiger partial charge is 0.493 e. The Bertz CT molecular complexity index is 374. The standard InChI is InChI=1S/C13H18O4/c1-3-11(15)10-5-6-12(13(9-10)16-2)17-8-4-7-14/h5-6,9,14H,3-4,7-8H2,1-2H3. The van der Waals surface area contributed by atoms with Gasteiger partial charge in [0.2, 0.25) is 0 Å². The number of aliphatic hydroxyl groups is 1. The van der Waals surface area contributed by atoms with Gasteiger partial charge in [0.25, 0.3) is 0 Å². The fourth-order valence-electron chi connectivity index (χ4n) is 1.41. The molecule has 0 bridgehead atoms. The van der Waals surface area contributed by atoms with Crippen molar-refractivity contribution in [2.75, 3.05) is 20.3 Å². The number of methoxy groups -OCH3 is 1. The van der Waals surface area contributed by atoms with E-state index >= 15 is 0 Å². The Hall–Kier alpha value is -1.55. The van der Waals surface area contributed by atoms with E-state index < -0.39 is 0 Å². The molecule has 0 radical (unpaired) electrons. The van der Waals surface area contributed by atoms with E-state index in [9.17, 15) is 4.79 Å². The Morgan fingerprint density at radius 1 is 1.35 bits per heavy atom. The molecule has 94 valence electrons. The molecule has 0 unspecified atom stereocenters. The van der Waals surface area contributed by atoms with Crippen LogP contribution in [0.3, 0.4) is 0 Å². The van der Waals surface area contributed by atoms with Crippen molar-refractivity contribution >= 4 is 5.78 Å². The molecule has 4 nitrogen and oxygen atoms in total. The minimum Gasteiger partial charge on any atom is -0.493 e. The minimum atomic E-state index is 0.0743. The molecule has 1 aromatic rings. The lowest BCUT2D eigenvalue weighted by Gasteiger charge is -2.11. The Labute approximate surface area is 101 Å². The average molecular weight is 238 g/mol. The summed E-state index contributed by atoms with van der Waals surface area (Å²) in [6, 6.07) is 5.13. The molecule has 0 spiro atoms. The highest BCUT2D eigenvalue weighted by molar-refractivity contribution is 5.96. The maximum absolute atomic E-state index is 11.5. The van der Waals surface area contributed by atoms with Gasteiger partial charge in [0.05, 0.1) is 13.7 Å². The SMILES string of the molecule is CCC(=O)c1ccc(OCCCO)c(OC)c1. The molecular formula is C13H18O4. The molecule has 0 saturated heterocycles. The van der Waals surface area contributed by atoms with Crippen LogP contribution in [0.4, 0.5) is 0 Å². The molecule has 17 heavy (non-hydrogen) atoms. The van der Waals surface area contributed by atoms with E-state index in [0.29, 0.717) is 36.5 Å². The van der Waals surface area contributed by atoms with E-state index in [-0.39, 0.29) is 12.4 Å². The highest BCUT2D eigenvalue weighted by Crippen LogP contribution is 2.28. The number of ether oxygens (including phenoxy) is 2. The van der Waals surface area contributed by atoms with Gasteiger partial charge in [0, 0.05) is 25.0 Å². The van der Waals surface area contributed by atoms with E-state index in [0.717, 1.165) is 0 Å². The van der Waals surface area contributed by atoms with Crippen molar-refractivity contribution in [3.63, 3.8) is 0 Å². The van der Waals surface area contributed by atoms with Crippen LogP contribution in [0.5, 0.6) is 11.5 Å². The zero-order valence-corrected chi connectivity index (χ0v) is 10.2. The van der Waals surface area contributed by atoms with Gasteiger partial charge in [-0.1, -0.05) is 6.92 Å². The number of Topliss-reactive ketones (excluding diaryl/α,β-unsaturated/α-hetero) is 1. The summed E-state index contributed by atoms with van der Waals surface area (Å²) in [5.41, 5.74) is 0.624. The quantitative estimate of drug-likeness (QED) is 0.583. The molecule has 0 atom stereocenters. The van der Waals surface area contributed by atoms with Gasteiger partial charge in [-0.25, -0.2) is 0 Å². The van der Waals surface area contributed by atoms with Crippen LogP contribution in [0.2, 0.25) is 0 Å². The number of ketones is 1. The second-order valence-corrected chi connectivity index (χ2v) is 3.57. The van der Waals surface area contributed by atoms with Crippen LogP contribution in [-0.4, -0.2) is 31.2 Å². The second-order valence-electron chi connectivity index (χ2n) is 3.57. The predicted molar refractivity (Wildman–Crippen MR) is 64.8 cm³/mol. The Morgan fingerprint density at radius 3 is 2.71 bits per heavy atom. The number of carbonyl (C=O) groups is 1. The molecule has 0 fully saturated rings. The Kier molecular flexibility index (Phi) is 5.49. The first-order chi connectivity index (χ1) is 8.22. The van der Waals surface area contributed by atoms with Crippen molar-refractivity contribution in [1.82, 2.24) is 0 Å². The summed E-state index contributed by atoms with van der Waals surface area (Å²) >= 11 is 0. The summed E-state index contributed by atoms with van der Waals surface area (Å²) in [7, 11) is 1.54. The summed E-state index contributed by atoms with van der Waals surface area (Å²) in [4.78, 5) is 11.5. The highest BCUT2D eigenvalue weighted by atomic mass is 16.5. The first kappa shape index (κ1) is 13.5. The molecule has 1 N–H and O–H groups in total. The smallest absolute Gasteiger partial charge is 0.162 e. The molecule has 0 saturated carbocycles. The number of hydrogen-bond acceptors (Lipinski definition) is 4. The first-order valence-corrected chi connectivity index (χ1v) is 5.67. The zero-order chi connectivity index (χ0) is 12.7. The normalized spacial score (nSPS) is 10.1. The van der Waals surface area contributed by atoms with Gasteiger partial charge >= 0.3 is 0 Å². The third-order valence-corrected chi connectivity index (χ3v) is 2.37. The fourth-order valence-corrected chi connectivity index (χ4v) is 1.41. The molecule has 0 aromatic heterocycles. The summed E-state index contributed by atoms with van der Waals surface area (Å²) in [6.07, 6.45) is 1.03. The zero-order valence-electron chi connectivity index (χ0n) is 10.2. The van der Waals surface area contributed by atoms with Crippen LogP contribution < -0.4 is 9.47 Å². The second kappa shape index (κ2) is 6.91. The van der Waals surface area contributed by atoms with Gasteiger partial charge in [-0.15, -0.1) is 0 Å². The van der Waals surface area contributed by atoms with Crippen molar-refractivity contribution in [2.45, 2.75) is 19.8 Å². The molecular weight excluding hydrogens is 220 g/mol. The molecule has 0 aliphatic rings. The summed E-state index contributed by atoms with van der Waals surface area (Å²) in [5, 5.41) is 8.66. The predicted octanol–water partition coefficient (Wildman–Crippen LogP) is 2.05. The van der Waals surface area contributed by atoms with Crippen LogP contribution in [0, 0.1) is 0 Å². The van der Waals surface area contributed by atoms with Gasteiger partial charge < -0.3 is 14.6 Å². The number of hydrogen-bond donors (Lipinski definition) is 1. The Balaban J connectivity index is 2.81. The van der Waals surface area contributed by atoms with Gasteiger partial charge in [-0.05, 0) is 18.2 Å². The van der Waals surface area contributed by atoms with Crippen LogP contribution in [-0.2, 0) is 0 Å². The topological polar surface area (TPSA) is 55.8 Å². The van der Waals surface area contributed by atoms with Crippen molar-refractivity contribution in [3.05, 3.63) is 23.8 Å². The first-order valence-electron chi connectivity index (χ1n) is 5.67.